The van der Waals surface area contributed by atoms with E-state index in [1.807, 2.05) is 30.1 Å². The molecule has 1 heterocycles. The summed E-state index contributed by atoms with van der Waals surface area (Å²) >= 11 is 4.88. The Labute approximate surface area is 124 Å². The van der Waals surface area contributed by atoms with Gasteiger partial charge in [-0.3, -0.25) is 4.68 Å². The van der Waals surface area contributed by atoms with Crippen molar-refractivity contribution in [3.63, 3.8) is 0 Å². The first-order valence-corrected chi connectivity index (χ1v) is 7.49. The van der Waals surface area contributed by atoms with Crippen LogP contribution < -0.4 is 0 Å². The third kappa shape index (κ3) is 3.84. The maximum atomic E-state index is 11.1. The van der Waals surface area contributed by atoms with Gasteiger partial charge in [-0.1, -0.05) is 15.9 Å². The second-order valence-electron chi connectivity index (χ2n) is 4.07. The number of hydrogen-bond acceptors (Lipinski definition) is 3. The highest BCUT2D eigenvalue weighted by atomic mass is 79.9. The minimum absolute atomic E-state index is 0.338. The monoisotopic (exact) mass is 340 g/mol. The van der Waals surface area contributed by atoms with Gasteiger partial charge in [0.25, 0.3) is 0 Å². The fourth-order valence-corrected chi connectivity index (χ4v) is 3.16. The molecule has 2 aromatic rings. The number of benzene rings is 1. The average molecular weight is 341 g/mol. The van der Waals surface area contributed by atoms with E-state index in [1.54, 1.807) is 12.1 Å². The number of aryl methyl sites for hydroxylation is 2. The third-order valence-corrected chi connectivity index (χ3v) is 4.04. The molecule has 0 aliphatic carbocycles. The predicted molar refractivity (Wildman–Crippen MR) is 78.8 cm³/mol. The van der Waals surface area contributed by atoms with Gasteiger partial charge in [0, 0.05) is 21.3 Å². The Hall–Kier alpha value is -1.27. The molecule has 6 heteroatoms. The van der Waals surface area contributed by atoms with Gasteiger partial charge in [0.15, 0.2) is 0 Å². The zero-order valence-electron chi connectivity index (χ0n) is 10.3. The molecule has 1 aromatic carbocycles. The van der Waals surface area contributed by atoms with E-state index in [4.69, 9.17) is 5.11 Å². The van der Waals surface area contributed by atoms with Crippen LogP contribution in [0, 0.1) is 6.92 Å². The highest BCUT2D eigenvalue weighted by molar-refractivity contribution is 9.10. The van der Waals surface area contributed by atoms with Gasteiger partial charge in [-0.25, -0.2) is 4.79 Å². The average Bonchev–Trinajstić information content (AvgIpc) is 2.75. The van der Waals surface area contributed by atoms with Crippen molar-refractivity contribution in [2.45, 2.75) is 18.4 Å². The van der Waals surface area contributed by atoms with Crippen LogP contribution >= 0.6 is 27.7 Å². The van der Waals surface area contributed by atoms with Gasteiger partial charge < -0.3 is 5.11 Å². The van der Waals surface area contributed by atoms with Gasteiger partial charge in [-0.15, -0.1) is 11.8 Å². The highest BCUT2D eigenvalue weighted by Gasteiger charge is 2.10. The van der Waals surface area contributed by atoms with Crippen LogP contribution in [0.4, 0.5) is 0 Å². The Kier molecular flexibility index (Phi) is 4.66. The number of aromatic nitrogens is 2. The quantitative estimate of drug-likeness (QED) is 0.847. The maximum Gasteiger partial charge on any atom is 0.336 e. The summed E-state index contributed by atoms with van der Waals surface area (Å²) in [7, 11) is 0. The number of rotatable bonds is 5. The Morgan fingerprint density at radius 2 is 2.32 bits per heavy atom. The van der Waals surface area contributed by atoms with Crippen LogP contribution in [0.5, 0.6) is 0 Å². The molecule has 0 fully saturated rings. The molecule has 0 saturated carbocycles. The van der Waals surface area contributed by atoms with Crippen molar-refractivity contribution in [2.24, 2.45) is 0 Å². The van der Waals surface area contributed by atoms with E-state index in [1.165, 1.54) is 11.8 Å². The summed E-state index contributed by atoms with van der Waals surface area (Å²) in [5, 5.41) is 13.3. The number of nitrogens with zero attached hydrogens (tertiary/aromatic N) is 2. The fourth-order valence-electron chi connectivity index (χ4n) is 1.63. The molecule has 0 spiro atoms. The Balaban J connectivity index is 2.02. The smallest absolute Gasteiger partial charge is 0.336 e. The number of carbonyl (C=O) groups is 1. The molecule has 2 rings (SSSR count). The van der Waals surface area contributed by atoms with Gasteiger partial charge in [0.2, 0.25) is 0 Å². The van der Waals surface area contributed by atoms with Crippen molar-refractivity contribution in [3.05, 3.63) is 46.2 Å². The molecule has 1 N–H and O–H groups in total. The van der Waals surface area contributed by atoms with E-state index in [0.29, 0.717) is 5.56 Å². The molecule has 19 heavy (non-hydrogen) atoms. The lowest BCUT2D eigenvalue weighted by Gasteiger charge is -2.06. The van der Waals surface area contributed by atoms with Crippen LogP contribution in [0.25, 0.3) is 0 Å². The molecule has 0 bridgehead atoms. The molecule has 100 valence electrons. The fraction of sp³-hybridized carbons (Fsp3) is 0.231. The second-order valence-corrected chi connectivity index (χ2v) is 6.13. The van der Waals surface area contributed by atoms with Crippen molar-refractivity contribution in [1.82, 2.24) is 9.78 Å². The lowest BCUT2D eigenvalue weighted by atomic mass is 10.2. The largest absolute Gasteiger partial charge is 0.478 e. The Bertz CT molecular complexity index is 598. The van der Waals surface area contributed by atoms with Crippen LogP contribution in [0.15, 0.2) is 40.0 Å². The maximum absolute atomic E-state index is 11.1. The number of halogens is 1. The first-order chi connectivity index (χ1) is 9.06. The minimum atomic E-state index is -0.898. The van der Waals surface area contributed by atoms with Crippen LogP contribution in [0.3, 0.4) is 0 Å². The zero-order chi connectivity index (χ0) is 13.8. The van der Waals surface area contributed by atoms with E-state index in [2.05, 4.69) is 21.0 Å². The molecule has 0 saturated heterocycles. The second kappa shape index (κ2) is 6.25. The minimum Gasteiger partial charge on any atom is -0.478 e. The molecule has 0 atom stereocenters. The predicted octanol–water partition coefficient (Wildman–Crippen LogP) is 3.44. The molecule has 0 radical (unpaired) electrons. The van der Waals surface area contributed by atoms with Gasteiger partial charge >= 0.3 is 5.97 Å². The summed E-state index contributed by atoms with van der Waals surface area (Å²) in [6.45, 7) is 2.75. The highest BCUT2D eigenvalue weighted by Crippen LogP contribution is 2.26. The number of carboxylic acids is 1. The Morgan fingerprint density at radius 1 is 1.53 bits per heavy atom. The summed E-state index contributed by atoms with van der Waals surface area (Å²) in [4.78, 5) is 11.9. The van der Waals surface area contributed by atoms with Crippen LogP contribution in [0.2, 0.25) is 0 Å². The topological polar surface area (TPSA) is 55.1 Å². The number of aromatic carboxylic acids is 1. The van der Waals surface area contributed by atoms with Crippen molar-refractivity contribution < 1.29 is 9.90 Å². The number of thioether (sulfide) groups is 1. The number of hydrogen-bond donors (Lipinski definition) is 1. The van der Waals surface area contributed by atoms with Crippen molar-refractivity contribution in [1.29, 1.82) is 0 Å². The van der Waals surface area contributed by atoms with Crippen molar-refractivity contribution in [2.75, 3.05) is 5.75 Å². The van der Waals surface area contributed by atoms with Gasteiger partial charge in [-0.05, 0) is 30.7 Å². The summed E-state index contributed by atoms with van der Waals surface area (Å²) in [6.07, 6.45) is 3.78. The Morgan fingerprint density at radius 3 is 2.95 bits per heavy atom. The molecule has 0 aliphatic rings. The van der Waals surface area contributed by atoms with E-state index >= 15 is 0 Å². The van der Waals surface area contributed by atoms with Crippen LogP contribution in [-0.4, -0.2) is 26.6 Å². The molecule has 0 amide bonds. The lowest BCUT2D eigenvalue weighted by molar-refractivity contribution is 0.0693. The molecule has 1 aromatic heterocycles. The SMILES string of the molecule is Cc1cnn(CCSc2cc(Br)ccc2C(=O)O)c1. The summed E-state index contributed by atoms with van der Waals surface area (Å²) < 4.78 is 2.75. The van der Waals surface area contributed by atoms with Crippen molar-refractivity contribution >= 4 is 33.7 Å². The number of carboxylic acid groups (broad SMARTS) is 1. The lowest BCUT2D eigenvalue weighted by Crippen LogP contribution is -2.03. The third-order valence-electron chi connectivity index (χ3n) is 2.51. The summed E-state index contributed by atoms with van der Waals surface area (Å²) in [5.74, 6) is -0.123. The summed E-state index contributed by atoms with van der Waals surface area (Å²) in [6, 6.07) is 5.19. The molecular formula is C13H13BrN2O2S. The first-order valence-electron chi connectivity index (χ1n) is 5.71. The molecule has 0 unspecified atom stereocenters. The van der Waals surface area contributed by atoms with E-state index in [9.17, 15) is 4.79 Å². The van der Waals surface area contributed by atoms with E-state index < -0.39 is 5.97 Å². The van der Waals surface area contributed by atoms with E-state index in [-0.39, 0.29) is 0 Å². The zero-order valence-corrected chi connectivity index (χ0v) is 12.7. The van der Waals surface area contributed by atoms with Crippen LogP contribution in [0.1, 0.15) is 15.9 Å². The molecule has 4 nitrogen and oxygen atoms in total. The normalized spacial score (nSPS) is 10.6. The van der Waals surface area contributed by atoms with Crippen molar-refractivity contribution in [3.8, 4) is 0 Å². The molecular weight excluding hydrogens is 328 g/mol. The van der Waals surface area contributed by atoms with Crippen LogP contribution in [-0.2, 0) is 6.54 Å². The van der Waals surface area contributed by atoms with Gasteiger partial charge in [0.05, 0.1) is 18.3 Å². The molecule has 0 aliphatic heterocycles. The van der Waals surface area contributed by atoms with Gasteiger partial charge in [-0.2, -0.15) is 5.10 Å². The standard InChI is InChI=1S/C13H13BrN2O2S/c1-9-7-15-16(8-9)4-5-19-12-6-10(14)2-3-11(12)13(17)18/h2-3,6-8H,4-5H2,1H3,(H,17,18). The van der Waals surface area contributed by atoms with E-state index in [0.717, 1.165) is 27.2 Å². The summed E-state index contributed by atoms with van der Waals surface area (Å²) in [5.41, 5.74) is 1.46. The van der Waals surface area contributed by atoms with Gasteiger partial charge in [0.1, 0.15) is 0 Å². The first kappa shape index (κ1) is 14.1.